The fourth-order valence-electron chi connectivity index (χ4n) is 0.947. The maximum absolute atomic E-state index is 11.5. The number of carbonyl (C=O) groups is 1. The van der Waals surface area contributed by atoms with Crippen LogP contribution in [0.2, 0.25) is 0 Å². The van der Waals surface area contributed by atoms with Crippen LogP contribution in [-0.4, -0.2) is 31.1 Å². The number of amides is 1. The molecule has 0 saturated heterocycles. The Labute approximate surface area is 85.0 Å². The zero-order valence-electron chi connectivity index (χ0n) is 7.93. The Bertz CT molecular complexity index is 448. The Morgan fingerprint density at radius 2 is 2.20 bits per heavy atom. The maximum Gasteiger partial charge on any atom is 0.278 e. The molecular formula is C8H8N6O. The molecule has 0 aliphatic heterocycles. The van der Waals surface area contributed by atoms with Gasteiger partial charge in [0.1, 0.15) is 12.0 Å². The summed E-state index contributed by atoms with van der Waals surface area (Å²) in [6, 6.07) is 0. The minimum atomic E-state index is -0.376. The van der Waals surface area contributed by atoms with Crippen molar-refractivity contribution in [3.05, 3.63) is 30.1 Å². The Morgan fingerprint density at radius 3 is 2.80 bits per heavy atom. The summed E-state index contributed by atoms with van der Waals surface area (Å²) in [6.07, 6.45) is 4.23. The number of hydrogen-bond donors (Lipinski definition) is 2. The number of nitrogens with one attached hydrogen (secondary N) is 2. The first-order valence-corrected chi connectivity index (χ1v) is 4.21. The molecular weight excluding hydrogens is 196 g/mol. The molecule has 0 aliphatic rings. The minimum absolute atomic E-state index is 0.233. The van der Waals surface area contributed by atoms with E-state index in [0.29, 0.717) is 0 Å². The predicted octanol–water partition coefficient (Wildman–Crippen LogP) is 0.155. The number of nitrogens with zero attached hydrogens (tertiary/aromatic N) is 4. The van der Waals surface area contributed by atoms with Crippen LogP contribution in [-0.2, 0) is 0 Å². The number of aryl methyl sites for hydroxylation is 1. The fourth-order valence-corrected chi connectivity index (χ4v) is 0.947. The molecule has 2 aromatic heterocycles. The first kappa shape index (κ1) is 9.25. The lowest BCUT2D eigenvalue weighted by molar-refractivity contribution is 0.102. The number of rotatable bonds is 2. The second-order valence-electron chi connectivity index (χ2n) is 2.83. The molecule has 2 N–H and O–H groups in total. The summed E-state index contributed by atoms with van der Waals surface area (Å²) in [5.74, 6) is -0.0957. The van der Waals surface area contributed by atoms with Gasteiger partial charge in [-0.15, -0.1) is 0 Å². The van der Waals surface area contributed by atoms with Crippen LogP contribution in [0.3, 0.4) is 0 Å². The summed E-state index contributed by atoms with van der Waals surface area (Å²) in [6.45, 7) is 1.80. The van der Waals surface area contributed by atoms with Crippen LogP contribution in [0.4, 0.5) is 5.95 Å². The second kappa shape index (κ2) is 3.82. The molecule has 0 fully saturated rings. The van der Waals surface area contributed by atoms with Crippen molar-refractivity contribution >= 4 is 11.9 Å². The monoisotopic (exact) mass is 204 g/mol. The molecule has 0 aromatic carbocycles. The molecule has 0 atom stereocenters. The zero-order chi connectivity index (χ0) is 10.7. The summed E-state index contributed by atoms with van der Waals surface area (Å²) in [5, 5.41) is 8.59. The van der Waals surface area contributed by atoms with Gasteiger partial charge in [0.25, 0.3) is 5.91 Å². The van der Waals surface area contributed by atoms with E-state index in [4.69, 9.17) is 0 Å². The van der Waals surface area contributed by atoms with Crippen LogP contribution in [0.5, 0.6) is 0 Å². The van der Waals surface area contributed by atoms with Crippen LogP contribution < -0.4 is 5.32 Å². The van der Waals surface area contributed by atoms with Gasteiger partial charge in [-0.1, -0.05) is 0 Å². The van der Waals surface area contributed by atoms with Gasteiger partial charge in [0.2, 0.25) is 5.95 Å². The molecule has 0 unspecified atom stereocenters. The molecule has 2 aromatic rings. The van der Waals surface area contributed by atoms with E-state index in [1.165, 1.54) is 18.7 Å². The molecule has 0 saturated carbocycles. The lowest BCUT2D eigenvalue weighted by Gasteiger charge is -1.99. The molecule has 1 amide bonds. The van der Waals surface area contributed by atoms with E-state index < -0.39 is 0 Å². The van der Waals surface area contributed by atoms with E-state index in [2.05, 4.69) is 30.5 Å². The smallest absolute Gasteiger partial charge is 0.278 e. The summed E-state index contributed by atoms with van der Waals surface area (Å²) < 4.78 is 0. The third-order valence-corrected chi connectivity index (χ3v) is 1.66. The van der Waals surface area contributed by atoms with E-state index >= 15 is 0 Å². The van der Waals surface area contributed by atoms with Crippen LogP contribution in [0.1, 0.15) is 16.2 Å². The Kier molecular flexibility index (Phi) is 2.36. The van der Waals surface area contributed by atoms with Gasteiger partial charge in [-0.3, -0.25) is 15.1 Å². The van der Waals surface area contributed by atoms with E-state index in [9.17, 15) is 4.79 Å². The quantitative estimate of drug-likeness (QED) is 0.726. The van der Waals surface area contributed by atoms with Crippen molar-refractivity contribution in [2.45, 2.75) is 6.92 Å². The highest BCUT2D eigenvalue weighted by atomic mass is 16.2. The predicted molar refractivity (Wildman–Crippen MR) is 51.1 cm³/mol. The molecule has 15 heavy (non-hydrogen) atoms. The van der Waals surface area contributed by atoms with Crippen LogP contribution in [0.25, 0.3) is 0 Å². The highest BCUT2D eigenvalue weighted by Crippen LogP contribution is 1.99. The maximum atomic E-state index is 11.5. The lowest BCUT2D eigenvalue weighted by atomic mass is 10.4. The average Bonchev–Trinajstić information content (AvgIpc) is 2.71. The van der Waals surface area contributed by atoms with Gasteiger partial charge in [-0.2, -0.15) is 10.1 Å². The number of aromatic amines is 1. The first-order valence-electron chi connectivity index (χ1n) is 4.21. The number of aromatic nitrogens is 5. The largest absolute Gasteiger partial charge is 0.289 e. The number of anilines is 1. The van der Waals surface area contributed by atoms with Gasteiger partial charge in [0.15, 0.2) is 0 Å². The summed E-state index contributed by atoms with van der Waals surface area (Å²) in [4.78, 5) is 23.2. The van der Waals surface area contributed by atoms with Crippen molar-refractivity contribution in [2.24, 2.45) is 0 Å². The topological polar surface area (TPSA) is 96.5 Å². The number of hydrogen-bond acceptors (Lipinski definition) is 5. The molecule has 0 bridgehead atoms. The molecule has 7 heteroatoms. The van der Waals surface area contributed by atoms with E-state index in [-0.39, 0.29) is 17.5 Å². The molecule has 76 valence electrons. The average molecular weight is 204 g/mol. The zero-order valence-corrected chi connectivity index (χ0v) is 7.93. The van der Waals surface area contributed by atoms with Crippen LogP contribution in [0.15, 0.2) is 18.7 Å². The summed E-state index contributed by atoms with van der Waals surface area (Å²) in [5.41, 5.74) is 0.989. The fraction of sp³-hybridized carbons (Fsp3) is 0.125. The third kappa shape index (κ3) is 2.13. The van der Waals surface area contributed by atoms with Gasteiger partial charge in [-0.25, -0.2) is 10.1 Å². The summed E-state index contributed by atoms with van der Waals surface area (Å²) >= 11 is 0. The van der Waals surface area contributed by atoms with Crippen molar-refractivity contribution in [2.75, 3.05) is 5.32 Å². The molecule has 0 radical (unpaired) electrons. The van der Waals surface area contributed by atoms with Crippen LogP contribution in [0, 0.1) is 6.92 Å². The molecule has 2 rings (SSSR count). The van der Waals surface area contributed by atoms with Crippen LogP contribution >= 0.6 is 0 Å². The highest BCUT2D eigenvalue weighted by molar-refractivity contribution is 6.01. The number of H-pyrrole nitrogens is 1. The Hall–Kier alpha value is -2.31. The molecule has 0 aliphatic carbocycles. The SMILES string of the molecule is Cc1cnc(C(=O)Nc2ncn[nH]2)cn1. The van der Waals surface area contributed by atoms with E-state index in [1.54, 1.807) is 6.92 Å². The third-order valence-electron chi connectivity index (χ3n) is 1.66. The standard InChI is InChI=1S/C8H8N6O/c1-5-2-10-6(3-9-5)7(15)13-8-11-4-12-14-8/h2-4H,1H3,(H2,11,12,13,14,15). The Morgan fingerprint density at radius 1 is 1.33 bits per heavy atom. The van der Waals surface area contributed by atoms with E-state index in [1.807, 2.05) is 0 Å². The first-order chi connectivity index (χ1) is 7.25. The van der Waals surface area contributed by atoms with Crippen molar-refractivity contribution in [1.82, 2.24) is 25.1 Å². The lowest BCUT2D eigenvalue weighted by Crippen LogP contribution is -2.15. The van der Waals surface area contributed by atoms with Gasteiger partial charge in [-0.05, 0) is 6.92 Å². The van der Waals surface area contributed by atoms with Crippen molar-refractivity contribution < 1.29 is 4.79 Å². The van der Waals surface area contributed by atoms with Crippen molar-refractivity contribution in [3.8, 4) is 0 Å². The highest BCUT2D eigenvalue weighted by Gasteiger charge is 2.08. The van der Waals surface area contributed by atoms with Gasteiger partial charge < -0.3 is 0 Å². The van der Waals surface area contributed by atoms with Gasteiger partial charge >= 0.3 is 0 Å². The van der Waals surface area contributed by atoms with Gasteiger partial charge in [0, 0.05) is 6.20 Å². The molecule has 7 nitrogen and oxygen atoms in total. The Balaban J connectivity index is 2.11. The van der Waals surface area contributed by atoms with Gasteiger partial charge in [0.05, 0.1) is 11.9 Å². The van der Waals surface area contributed by atoms with Crippen molar-refractivity contribution in [1.29, 1.82) is 0 Å². The summed E-state index contributed by atoms with van der Waals surface area (Å²) in [7, 11) is 0. The molecule has 0 spiro atoms. The minimum Gasteiger partial charge on any atom is -0.289 e. The van der Waals surface area contributed by atoms with Crippen molar-refractivity contribution in [3.63, 3.8) is 0 Å². The normalized spacial score (nSPS) is 9.93. The number of carbonyl (C=O) groups excluding carboxylic acids is 1. The molecule has 2 heterocycles. The second-order valence-corrected chi connectivity index (χ2v) is 2.83. The van der Waals surface area contributed by atoms with E-state index in [0.717, 1.165) is 5.69 Å².